The summed E-state index contributed by atoms with van der Waals surface area (Å²) in [6, 6.07) is 8.20. The van der Waals surface area contributed by atoms with E-state index in [1.807, 2.05) is 29.8 Å². The van der Waals surface area contributed by atoms with Gasteiger partial charge in [-0.1, -0.05) is 18.2 Å². The summed E-state index contributed by atoms with van der Waals surface area (Å²) in [5.41, 5.74) is 0.902. The zero-order valence-electron chi connectivity index (χ0n) is 11.5. The van der Waals surface area contributed by atoms with E-state index in [0.29, 0.717) is 13.2 Å². The molecule has 2 heterocycles. The molecule has 1 aromatic carbocycles. The van der Waals surface area contributed by atoms with Crippen molar-refractivity contribution < 1.29 is 9.47 Å². The first kappa shape index (κ1) is 13.5. The summed E-state index contributed by atoms with van der Waals surface area (Å²) in [6.45, 7) is 2.15. The van der Waals surface area contributed by atoms with Crippen molar-refractivity contribution in [2.45, 2.75) is 12.0 Å². The van der Waals surface area contributed by atoms with E-state index >= 15 is 0 Å². The van der Waals surface area contributed by atoms with Crippen LogP contribution in [0.4, 0.5) is 0 Å². The molecule has 1 aliphatic heterocycles. The van der Waals surface area contributed by atoms with Crippen LogP contribution in [0.25, 0.3) is 0 Å². The first-order valence-electron chi connectivity index (χ1n) is 6.73. The van der Waals surface area contributed by atoms with Crippen molar-refractivity contribution in [3.8, 4) is 5.75 Å². The monoisotopic (exact) mass is 290 g/mol. The molecule has 1 aliphatic rings. The van der Waals surface area contributed by atoms with E-state index in [9.17, 15) is 0 Å². The first-order chi connectivity index (χ1) is 9.87. The topological polar surface area (TPSA) is 43.4 Å². The largest absolute Gasteiger partial charge is 0.493 e. The lowest BCUT2D eigenvalue weighted by Gasteiger charge is -2.38. The van der Waals surface area contributed by atoms with Crippen molar-refractivity contribution in [2.24, 2.45) is 0 Å². The number of rotatable bonds is 5. The van der Waals surface area contributed by atoms with Gasteiger partial charge in [0, 0.05) is 37.2 Å². The van der Waals surface area contributed by atoms with Gasteiger partial charge in [0.25, 0.3) is 0 Å². The molecule has 106 valence electrons. The standard InChI is InChI=1S/C15H18N2O2S/c1-18-10-7-17-15(14-16-8-11-20-14)6-9-19-13-5-3-2-4-12(13)15/h2-5,8,11,17H,6-7,9-10H2,1H3. The molecule has 5 heteroatoms. The average molecular weight is 290 g/mol. The normalized spacial score (nSPS) is 21.2. The third-order valence-corrected chi connectivity index (χ3v) is 4.55. The highest BCUT2D eigenvalue weighted by Crippen LogP contribution is 2.42. The lowest BCUT2D eigenvalue weighted by Crippen LogP contribution is -2.48. The number of hydrogen-bond acceptors (Lipinski definition) is 5. The molecule has 1 atom stereocenters. The van der Waals surface area contributed by atoms with Gasteiger partial charge in [0.1, 0.15) is 16.3 Å². The predicted molar refractivity (Wildman–Crippen MR) is 79.3 cm³/mol. The second kappa shape index (κ2) is 5.91. The van der Waals surface area contributed by atoms with E-state index in [-0.39, 0.29) is 5.54 Å². The summed E-state index contributed by atoms with van der Waals surface area (Å²) in [5, 5.41) is 6.75. The van der Waals surface area contributed by atoms with E-state index in [2.05, 4.69) is 16.4 Å². The maximum atomic E-state index is 5.79. The Balaban J connectivity index is 2.03. The molecule has 1 aromatic heterocycles. The quantitative estimate of drug-likeness (QED) is 0.859. The Labute approximate surface area is 122 Å². The fourth-order valence-corrected chi connectivity index (χ4v) is 3.53. The molecule has 0 saturated carbocycles. The fraction of sp³-hybridized carbons (Fsp3) is 0.400. The summed E-state index contributed by atoms with van der Waals surface area (Å²) in [4.78, 5) is 4.55. The highest BCUT2D eigenvalue weighted by atomic mass is 32.1. The van der Waals surface area contributed by atoms with Crippen molar-refractivity contribution in [1.29, 1.82) is 0 Å². The Morgan fingerprint density at radius 1 is 1.45 bits per heavy atom. The zero-order chi connectivity index (χ0) is 13.8. The molecule has 0 spiro atoms. The summed E-state index contributed by atoms with van der Waals surface area (Å²) in [6.07, 6.45) is 2.74. The fourth-order valence-electron chi connectivity index (χ4n) is 2.68. The third kappa shape index (κ3) is 2.32. The third-order valence-electron chi connectivity index (χ3n) is 3.61. The second-order valence-electron chi connectivity index (χ2n) is 4.76. The maximum Gasteiger partial charge on any atom is 0.124 e. The lowest BCUT2D eigenvalue weighted by atomic mass is 9.85. The SMILES string of the molecule is COCCNC1(c2nccs2)CCOc2ccccc21. The molecule has 0 aliphatic carbocycles. The van der Waals surface area contributed by atoms with Crippen LogP contribution in [-0.4, -0.2) is 31.9 Å². The number of thiazole rings is 1. The molecule has 1 unspecified atom stereocenters. The van der Waals surface area contributed by atoms with Crippen LogP contribution in [0.15, 0.2) is 35.8 Å². The number of hydrogen-bond donors (Lipinski definition) is 1. The first-order valence-corrected chi connectivity index (χ1v) is 7.61. The Morgan fingerprint density at radius 2 is 2.35 bits per heavy atom. The van der Waals surface area contributed by atoms with Crippen molar-refractivity contribution in [3.05, 3.63) is 46.4 Å². The summed E-state index contributed by atoms with van der Waals surface area (Å²) in [5.74, 6) is 0.943. The van der Waals surface area contributed by atoms with Crippen LogP contribution in [0.5, 0.6) is 5.75 Å². The number of methoxy groups -OCH3 is 1. The molecule has 4 nitrogen and oxygen atoms in total. The van der Waals surface area contributed by atoms with Crippen molar-refractivity contribution in [3.63, 3.8) is 0 Å². The molecule has 20 heavy (non-hydrogen) atoms. The number of benzene rings is 1. The van der Waals surface area contributed by atoms with Crippen LogP contribution in [0.1, 0.15) is 17.0 Å². The van der Waals surface area contributed by atoms with Gasteiger partial charge in [-0.3, -0.25) is 5.32 Å². The molecule has 0 bridgehead atoms. The Morgan fingerprint density at radius 3 is 3.15 bits per heavy atom. The molecule has 2 aromatic rings. The average Bonchev–Trinajstić information content (AvgIpc) is 3.02. The van der Waals surface area contributed by atoms with Crippen LogP contribution in [0, 0.1) is 0 Å². The Kier molecular flexibility index (Phi) is 4.00. The van der Waals surface area contributed by atoms with Gasteiger partial charge in [0.05, 0.1) is 13.2 Å². The Bertz CT molecular complexity index is 559. The van der Waals surface area contributed by atoms with E-state index in [1.165, 1.54) is 0 Å². The summed E-state index contributed by atoms with van der Waals surface area (Å²) in [7, 11) is 1.72. The second-order valence-corrected chi connectivity index (χ2v) is 5.65. The smallest absolute Gasteiger partial charge is 0.124 e. The predicted octanol–water partition coefficient (Wildman–Crippen LogP) is 2.41. The van der Waals surface area contributed by atoms with Gasteiger partial charge in [0.2, 0.25) is 0 Å². The minimum atomic E-state index is -0.262. The van der Waals surface area contributed by atoms with E-state index < -0.39 is 0 Å². The highest BCUT2D eigenvalue weighted by Gasteiger charge is 2.40. The minimum Gasteiger partial charge on any atom is -0.493 e. The summed E-state index contributed by atoms with van der Waals surface area (Å²) < 4.78 is 11.0. The van der Waals surface area contributed by atoms with Gasteiger partial charge in [-0.25, -0.2) is 4.98 Å². The van der Waals surface area contributed by atoms with E-state index in [4.69, 9.17) is 9.47 Å². The van der Waals surface area contributed by atoms with Crippen molar-refractivity contribution in [1.82, 2.24) is 10.3 Å². The minimum absolute atomic E-state index is 0.262. The zero-order valence-corrected chi connectivity index (χ0v) is 12.3. The molecule has 1 N–H and O–H groups in total. The molecule has 0 amide bonds. The van der Waals surface area contributed by atoms with Gasteiger partial charge in [0.15, 0.2) is 0 Å². The molecular weight excluding hydrogens is 272 g/mol. The molecule has 0 fully saturated rings. The molecule has 0 saturated heterocycles. The van der Waals surface area contributed by atoms with E-state index in [1.54, 1.807) is 18.4 Å². The van der Waals surface area contributed by atoms with Crippen LogP contribution >= 0.6 is 11.3 Å². The maximum absolute atomic E-state index is 5.79. The number of aromatic nitrogens is 1. The number of para-hydroxylation sites is 1. The van der Waals surface area contributed by atoms with Crippen molar-refractivity contribution >= 4 is 11.3 Å². The van der Waals surface area contributed by atoms with Crippen LogP contribution < -0.4 is 10.1 Å². The van der Waals surface area contributed by atoms with Gasteiger partial charge in [-0.15, -0.1) is 11.3 Å². The number of fused-ring (bicyclic) bond motifs is 1. The lowest BCUT2D eigenvalue weighted by molar-refractivity contribution is 0.169. The number of nitrogens with one attached hydrogen (secondary N) is 1. The number of nitrogens with zero attached hydrogens (tertiary/aromatic N) is 1. The van der Waals surface area contributed by atoms with Crippen LogP contribution in [0.3, 0.4) is 0 Å². The molecule has 3 rings (SSSR count). The van der Waals surface area contributed by atoms with Gasteiger partial charge < -0.3 is 9.47 Å². The molecular formula is C15H18N2O2S. The Hall–Kier alpha value is -1.43. The highest BCUT2D eigenvalue weighted by molar-refractivity contribution is 7.09. The number of ether oxygens (including phenoxy) is 2. The van der Waals surface area contributed by atoms with E-state index in [0.717, 1.165) is 29.3 Å². The summed E-state index contributed by atoms with van der Waals surface area (Å²) >= 11 is 1.68. The van der Waals surface area contributed by atoms with Crippen molar-refractivity contribution in [2.75, 3.05) is 26.9 Å². The van der Waals surface area contributed by atoms with Gasteiger partial charge >= 0.3 is 0 Å². The van der Waals surface area contributed by atoms with Gasteiger partial charge in [-0.05, 0) is 6.07 Å². The van der Waals surface area contributed by atoms with Gasteiger partial charge in [-0.2, -0.15) is 0 Å². The molecule has 0 radical (unpaired) electrons. The van der Waals surface area contributed by atoms with Crippen LogP contribution in [-0.2, 0) is 10.3 Å². The van der Waals surface area contributed by atoms with Crippen LogP contribution in [0.2, 0.25) is 0 Å².